The maximum absolute atomic E-state index is 13.4. The van der Waals surface area contributed by atoms with Crippen LogP contribution in [0.25, 0.3) is 0 Å². The third-order valence-corrected chi connectivity index (χ3v) is 7.82. The maximum Gasteiger partial charge on any atom is 0.264 e. The standard InChI is InChI=1S/C22H27ClN2O3S/c1-17-20(23)14-9-15-21(17)25(29(27,28)19-12-7-4-8-13-19)16-22(26)24(2)18-10-5-3-6-11-18/h4,7-9,12-15,18H,3,5-6,10-11,16H2,1-2H3. The number of hydrogen-bond donors (Lipinski definition) is 0. The molecule has 2 aromatic rings. The lowest BCUT2D eigenvalue weighted by Gasteiger charge is -2.33. The van der Waals surface area contributed by atoms with Crippen molar-refractivity contribution in [1.82, 2.24) is 4.90 Å². The summed E-state index contributed by atoms with van der Waals surface area (Å²) >= 11 is 6.26. The van der Waals surface area contributed by atoms with E-state index in [2.05, 4.69) is 0 Å². The summed E-state index contributed by atoms with van der Waals surface area (Å²) < 4.78 is 28.1. The first-order valence-corrected chi connectivity index (χ1v) is 11.7. The average molecular weight is 435 g/mol. The molecule has 0 heterocycles. The molecule has 2 aromatic carbocycles. The van der Waals surface area contributed by atoms with Gasteiger partial charge >= 0.3 is 0 Å². The molecule has 0 unspecified atom stereocenters. The molecule has 0 saturated heterocycles. The number of benzene rings is 2. The molecule has 0 bridgehead atoms. The lowest BCUT2D eigenvalue weighted by atomic mass is 9.94. The highest BCUT2D eigenvalue weighted by Crippen LogP contribution is 2.31. The van der Waals surface area contributed by atoms with E-state index in [1.54, 1.807) is 55.3 Å². The van der Waals surface area contributed by atoms with E-state index >= 15 is 0 Å². The Morgan fingerprint density at radius 2 is 1.69 bits per heavy atom. The number of sulfonamides is 1. The van der Waals surface area contributed by atoms with Crippen LogP contribution in [-0.2, 0) is 14.8 Å². The molecule has 29 heavy (non-hydrogen) atoms. The molecular formula is C22H27ClN2O3S. The lowest BCUT2D eigenvalue weighted by molar-refractivity contribution is -0.130. The third kappa shape index (κ3) is 4.75. The van der Waals surface area contributed by atoms with Gasteiger partial charge in [0.05, 0.1) is 10.6 Å². The molecule has 1 aliphatic rings. The Labute approximate surface area is 178 Å². The molecule has 0 atom stereocenters. The zero-order valence-corrected chi connectivity index (χ0v) is 18.4. The first-order chi connectivity index (χ1) is 13.8. The fourth-order valence-corrected chi connectivity index (χ4v) is 5.45. The number of carbonyl (C=O) groups excluding carboxylic acids is 1. The number of hydrogen-bond acceptors (Lipinski definition) is 3. The SMILES string of the molecule is Cc1c(Cl)cccc1N(CC(=O)N(C)C1CCCCC1)S(=O)(=O)c1ccccc1. The largest absolute Gasteiger partial charge is 0.341 e. The quantitative estimate of drug-likeness (QED) is 0.665. The Bertz CT molecular complexity index is 957. The van der Waals surface area contributed by atoms with Gasteiger partial charge in [0.1, 0.15) is 6.54 Å². The number of nitrogens with zero attached hydrogens (tertiary/aromatic N) is 2. The van der Waals surface area contributed by atoms with Crippen molar-refractivity contribution in [3.63, 3.8) is 0 Å². The van der Waals surface area contributed by atoms with E-state index in [4.69, 9.17) is 11.6 Å². The molecule has 0 spiro atoms. The van der Waals surface area contributed by atoms with Gasteiger partial charge in [0, 0.05) is 18.1 Å². The minimum Gasteiger partial charge on any atom is -0.341 e. The average Bonchev–Trinajstić information content (AvgIpc) is 2.74. The zero-order valence-electron chi connectivity index (χ0n) is 16.8. The van der Waals surface area contributed by atoms with Crippen LogP contribution in [0.2, 0.25) is 5.02 Å². The van der Waals surface area contributed by atoms with Gasteiger partial charge in [-0.3, -0.25) is 9.10 Å². The number of amides is 1. The molecule has 1 fully saturated rings. The normalized spacial score (nSPS) is 15.1. The molecule has 3 rings (SSSR count). The molecule has 5 nitrogen and oxygen atoms in total. The fourth-order valence-electron chi connectivity index (χ4n) is 3.79. The van der Waals surface area contributed by atoms with Crippen LogP contribution in [0.4, 0.5) is 5.69 Å². The number of rotatable bonds is 6. The van der Waals surface area contributed by atoms with E-state index in [9.17, 15) is 13.2 Å². The highest BCUT2D eigenvalue weighted by atomic mass is 35.5. The molecule has 156 valence electrons. The Balaban J connectivity index is 1.97. The van der Waals surface area contributed by atoms with Crippen LogP contribution in [0.15, 0.2) is 53.4 Å². The highest BCUT2D eigenvalue weighted by molar-refractivity contribution is 7.92. The van der Waals surface area contributed by atoms with E-state index < -0.39 is 10.0 Å². The van der Waals surface area contributed by atoms with Crippen molar-refractivity contribution in [3.05, 3.63) is 59.1 Å². The Kier molecular flexibility index (Phi) is 6.85. The van der Waals surface area contributed by atoms with Crippen LogP contribution in [0.3, 0.4) is 0 Å². The Hall–Kier alpha value is -2.05. The summed E-state index contributed by atoms with van der Waals surface area (Å²) in [6.07, 6.45) is 5.31. The number of halogens is 1. The minimum atomic E-state index is -3.93. The Morgan fingerprint density at radius 1 is 1.03 bits per heavy atom. The van der Waals surface area contributed by atoms with Crippen molar-refractivity contribution in [2.24, 2.45) is 0 Å². The first kappa shape index (κ1) is 21.7. The molecule has 1 amide bonds. The molecule has 0 N–H and O–H groups in total. The third-order valence-electron chi connectivity index (χ3n) is 5.63. The summed E-state index contributed by atoms with van der Waals surface area (Å²) in [6.45, 7) is 1.51. The number of anilines is 1. The smallest absolute Gasteiger partial charge is 0.264 e. The summed E-state index contributed by atoms with van der Waals surface area (Å²) in [5, 5.41) is 0.462. The monoisotopic (exact) mass is 434 g/mol. The van der Waals surface area contributed by atoms with E-state index in [1.165, 1.54) is 22.9 Å². The number of carbonyl (C=O) groups is 1. The molecule has 0 radical (unpaired) electrons. The summed E-state index contributed by atoms with van der Waals surface area (Å²) in [4.78, 5) is 14.9. The molecule has 0 aromatic heterocycles. The van der Waals surface area contributed by atoms with Crippen LogP contribution in [0.5, 0.6) is 0 Å². The zero-order chi connectivity index (χ0) is 21.0. The second-order valence-corrected chi connectivity index (χ2v) is 9.77. The van der Waals surface area contributed by atoms with Gasteiger partial charge in [-0.1, -0.05) is 55.1 Å². The van der Waals surface area contributed by atoms with Crippen LogP contribution < -0.4 is 4.31 Å². The predicted octanol–water partition coefficient (Wildman–Crippen LogP) is 4.63. The van der Waals surface area contributed by atoms with Gasteiger partial charge in [-0.2, -0.15) is 0 Å². The van der Waals surface area contributed by atoms with Crippen molar-refractivity contribution in [2.45, 2.75) is 50.0 Å². The molecule has 0 aliphatic heterocycles. The number of likely N-dealkylation sites (N-methyl/N-ethyl adjacent to an activating group) is 1. The van der Waals surface area contributed by atoms with E-state index in [0.29, 0.717) is 16.3 Å². The van der Waals surface area contributed by atoms with Gasteiger partial charge in [0.2, 0.25) is 5.91 Å². The van der Waals surface area contributed by atoms with Gasteiger partial charge < -0.3 is 4.90 Å². The van der Waals surface area contributed by atoms with Gasteiger partial charge in [0.15, 0.2) is 0 Å². The summed E-state index contributed by atoms with van der Waals surface area (Å²) in [5.74, 6) is -0.212. The van der Waals surface area contributed by atoms with Crippen LogP contribution in [-0.4, -0.2) is 38.9 Å². The van der Waals surface area contributed by atoms with Crippen LogP contribution >= 0.6 is 11.6 Å². The summed E-state index contributed by atoms with van der Waals surface area (Å²) in [7, 11) is -2.15. The van der Waals surface area contributed by atoms with Gasteiger partial charge in [-0.05, 0) is 49.6 Å². The Morgan fingerprint density at radius 3 is 2.34 bits per heavy atom. The van der Waals surface area contributed by atoms with E-state index in [0.717, 1.165) is 25.7 Å². The predicted molar refractivity (Wildman–Crippen MR) is 117 cm³/mol. The van der Waals surface area contributed by atoms with Crippen molar-refractivity contribution in [3.8, 4) is 0 Å². The van der Waals surface area contributed by atoms with Gasteiger partial charge in [0.25, 0.3) is 10.0 Å². The highest BCUT2D eigenvalue weighted by Gasteiger charge is 2.31. The van der Waals surface area contributed by atoms with Crippen LogP contribution in [0.1, 0.15) is 37.7 Å². The minimum absolute atomic E-state index is 0.146. The van der Waals surface area contributed by atoms with Crippen LogP contribution in [0, 0.1) is 6.92 Å². The molecule has 7 heteroatoms. The van der Waals surface area contributed by atoms with Crippen molar-refractivity contribution in [2.75, 3.05) is 17.9 Å². The summed E-state index contributed by atoms with van der Waals surface area (Å²) in [5.41, 5.74) is 1.05. The molecular weight excluding hydrogens is 408 g/mol. The molecule has 1 aliphatic carbocycles. The second-order valence-electron chi connectivity index (χ2n) is 7.51. The van der Waals surface area contributed by atoms with Gasteiger partial charge in [-0.15, -0.1) is 0 Å². The van der Waals surface area contributed by atoms with Gasteiger partial charge in [-0.25, -0.2) is 8.42 Å². The summed E-state index contributed by atoms with van der Waals surface area (Å²) in [6, 6.07) is 13.5. The molecule has 1 saturated carbocycles. The first-order valence-electron chi connectivity index (χ1n) is 9.91. The van der Waals surface area contributed by atoms with Crippen molar-refractivity contribution in [1.29, 1.82) is 0 Å². The van der Waals surface area contributed by atoms with Crippen molar-refractivity contribution < 1.29 is 13.2 Å². The van der Waals surface area contributed by atoms with E-state index in [-0.39, 0.29) is 23.4 Å². The van der Waals surface area contributed by atoms with E-state index in [1.807, 2.05) is 0 Å². The topological polar surface area (TPSA) is 57.7 Å². The lowest BCUT2D eigenvalue weighted by Crippen LogP contribution is -2.46. The van der Waals surface area contributed by atoms with Crippen molar-refractivity contribution >= 4 is 33.2 Å². The fraction of sp³-hybridized carbons (Fsp3) is 0.409. The maximum atomic E-state index is 13.4. The second kappa shape index (κ2) is 9.18.